The second kappa shape index (κ2) is 4.90. The normalized spacial score (nSPS) is 16.2. The van der Waals surface area contributed by atoms with E-state index in [-0.39, 0.29) is 5.91 Å². The summed E-state index contributed by atoms with van der Waals surface area (Å²) in [6.07, 6.45) is 1.57. The van der Waals surface area contributed by atoms with Crippen molar-refractivity contribution in [3.05, 3.63) is 28.2 Å². The molecule has 0 heterocycles. The molecular formula is C13H17BrN2O2. The third kappa shape index (κ3) is 2.67. The summed E-state index contributed by atoms with van der Waals surface area (Å²) in [6.45, 7) is 0.500. The molecule has 1 aliphatic rings. The highest BCUT2D eigenvalue weighted by molar-refractivity contribution is 9.10. The molecule has 2 rings (SSSR count). The number of carbonyl (C=O) groups is 1. The van der Waals surface area contributed by atoms with E-state index in [0.29, 0.717) is 6.54 Å². The molecule has 1 amide bonds. The number of carbonyl (C=O) groups excluding carboxylic acids is 1. The lowest BCUT2D eigenvalue weighted by atomic mass is 10.1. The highest BCUT2D eigenvalue weighted by Crippen LogP contribution is 2.34. The number of halogens is 1. The Kier molecular flexibility index (Phi) is 3.64. The maximum atomic E-state index is 12.1. The first kappa shape index (κ1) is 13.4. The van der Waals surface area contributed by atoms with E-state index in [9.17, 15) is 4.79 Å². The summed E-state index contributed by atoms with van der Waals surface area (Å²) < 4.78 is 6.26. The van der Waals surface area contributed by atoms with Crippen LogP contribution in [0.3, 0.4) is 0 Å². The smallest absolute Gasteiger partial charge is 0.242 e. The van der Waals surface area contributed by atoms with E-state index in [1.54, 1.807) is 19.1 Å². The Labute approximate surface area is 115 Å². The Morgan fingerprint density at radius 1 is 1.56 bits per heavy atom. The maximum absolute atomic E-state index is 12.1. The molecule has 1 aromatic carbocycles. The summed E-state index contributed by atoms with van der Waals surface area (Å²) >= 11 is 3.42. The minimum atomic E-state index is -0.617. The summed E-state index contributed by atoms with van der Waals surface area (Å²) in [7, 11) is 3.40. The zero-order chi connectivity index (χ0) is 13.3. The molecule has 0 atom stereocenters. The quantitative estimate of drug-likeness (QED) is 0.924. The largest absolute Gasteiger partial charge is 0.496 e. The second-order valence-electron chi connectivity index (χ2n) is 4.77. The van der Waals surface area contributed by atoms with E-state index in [1.165, 1.54) is 0 Å². The molecule has 0 bridgehead atoms. The molecule has 0 aromatic heterocycles. The fraction of sp³-hybridized carbons (Fsp3) is 0.462. The van der Waals surface area contributed by atoms with Gasteiger partial charge in [0.05, 0.1) is 12.6 Å². The molecule has 1 fully saturated rings. The predicted molar refractivity (Wildman–Crippen MR) is 73.3 cm³/mol. The second-order valence-corrected chi connectivity index (χ2v) is 5.69. The first-order valence-electron chi connectivity index (χ1n) is 5.83. The van der Waals surface area contributed by atoms with Gasteiger partial charge in [0.1, 0.15) is 5.75 Å². The van der Waals surface area contributed by atoms with Crippen LogP contribution in [0.4, 0.5) is 0 Å². The number of amides is 1. The molecule has 0 radical (unpaired) electrons. The number of nitrogens with two attached hydrogens (primary N) is 1. The third-order valence-electron chi connectivity index (χ3n) is 3.21. The van der Waals surface area contributed by atoms with Gasteiger partial charge in [0, 0.05) is 23.6 Å². The topological polar surface area (TPSA) is 55.6 Å². The van der Waals surface area contributed by atoms with Crippen molar-refractivity contribution in [3.63, 3.8) is 0 Å². The van der Waals surface area contributed by atoms with E-state index in [4.69, 9.17) is 10.5 Å². The molecule has 0 aliphatic heterocycles. The summed E-state index contributed by atoms with van der Waals surface area (Å²) in [5.74, 6) is 0.782. The molecule has 1 aliphatic carbocycles. The molecule has 98 valence electrons. The van der Waals surface area contributed by atoms with Crippen molar-refractivity contribution >= 4 is 21.8 Å². The van der Waals surface area contributed by atoms with Crippen molar-refractivity contribution in [2.45, 2.75) is 24.9 Å². The first-order valence-corrected chi connectivity index (χ1v) is 6.62. The van der Waals surface area contributed by atoms with E-state index >= 15 is 0 Å². The minimum Gasteiger partial charge on any atom is -0.496 e. The average Bonchev–Trinajstić information content (AvgIpc) is 3.08. The highest BCUT2D eigenvalue weighted by atomic mass is 79.9. The van der Waals surface area contributed by atoms with Gasteiger partial charge in [0.2, 0.25) is 5.91 Å². The number of nitrogens with zero attached hydrogens (tertiary/aromatic N) is 1. The zero-order valence-electron chi connectivity index (χ0n) is 10.6. The molecule has 1 saturated carbocycles. The Morgan fingerprint density at radius 3 is 2.78 bits per heavy atom. The van der Waals surface area contributed by atoms with Crippen LogP contribution < -0.4 is 10.5 Å². The average molecular weight is 313 g/mol. The molecule has 1 aromatic rings. The van der Waals surface area contributed by atoms with Crippen LogP contribution in [0, 0.1) is 0 Å². The highest BCUT2D eigenvalue weighted by Gasteiger charge is 2.47. The standard InChI is InChI=1S/C13H17BrN2O2/c1-16(12(17)13(15)5-6-13)8-9-7-10(14)3-4-11(9)18-2/h3-4,7H,5-6,8,15H2,1-2H3. The summed E-state index contributed by atoms with van der Waals surface area (Å²) in [5.41, 5.74) is 6.26. The van der Waals surface area contributed by atoms with E-state index in [1.807, 2.05) is 18.2 Å². The summed E-state index contributed by atoms with van der Waals surface area (Å²) in [4.78, 5) is 13.7. The van der Waals surface area contributed by atoms with Gasteiger partial charge < -0.3 is 15.4 Å². The van der Waals surface area contributed by atoms with Gasteiger partial charge in [-0.3, -0.25) is 4.79 Å². The predicted octanol–water partition coefficient (Wildman–Crippen LogP) is 1.91. The minimum absolute atomic E-state index is 0.00419. The number of hydrogen-bond donors (Lipinski definition) is 1. The molecule has 5 heteroatoms. The number of methoxy groups -OCH3 is 1. The van der Waals surface area contributed by atoms with Crippen LogP contribution in [0.2, 0.25) is 0 Å². The molecular weight excluding hydrogens is 296 g/mol. The van der Waals surface area contributed by atoms with Gasteiger partial charge >= 0.3 is 0 Å². The van der Waals surface area contributed by atoms with Crippen LogP contribution in [-0.2, 0) is 11.3 Å². The number of likely N-dealkylation sites (N-methyl/N-ethyl adjacent to an activating group) is 1. The Hall–Kier alpha value is -1.07. The van der Waals surface area contributed by atoms with Crippen molar-refractivity contribution in [3.8, 4) is 5.75 Å². The number of ether oxygens (including phenoxy) is 1. The lowest BCUT2D eigenvalue weighted by Crippen LogP contribution is -2.43. The Bertz CT molecular complexity index is 472. The summed E-state index contributed by atoms with van der Waals surface area (Å²) in [6, 6.07) is 5.75. The van der Waals surface area contributed by atoms with E-state index < -0.39 is 5.54 Å². The van der Waals surface area contributed by atoms with Gasteiger partial charge in [0.25, 0.3) is 0 Å². The number of benzene rings is 1. The van der Waals surface area contributed by atoms with Gasteiger partial charge in [-0.15, -0.1) is 0 Å². The van der Waals surface area contributed by atoms with Crippen LogP contribution >= 0.6 is 15.9 Å². The van der Waals surface area contributed by atoms with Gasteiger partial charge in [-0.05, 0) is 31.0 Å². The number of rotatable bonds is 4. The van der Waals surface area contributed by atoms with Crippen molar-refractivity contribution in [1.29, 1.82) is 0 Å². The maximum Gasteiger partial charge on any atom is 0.242 e. The molecule has 18 heavy (non-hydrogen) atoms. The number of hydrogen-bond acceptors (Lipinski definition) is 3. The van der Waals surface area contributed by atoms with Crippen LogP contribution in [-0.4, -0.2) is 30.5 Å². The van der Waals surface area contributed by atoms with Gasteiger partial charge in [0.15, 0.2) is 0 Å². The van der Waals surface area contributed by atoms with Crippen molar-refractivity contribution in [2.24, 2.45) is 5.73 Å². The van der Waals surface area contributed by atoms with Gasteiger partial charge in [-0.1, -0.05) is 15.9 Å². The SMILES string of the molecule is COc1ccc(Br)cc1CN(C)C(=O)C1(N)CC1. The lowest BCUT2D eigenvalue weighted by molar-refractivity contribution is -0.132. The fourth-order valence-corrected chi connectivity index (χ4v) is 2.34. The van der Waals surface area contributed by atoms with Gasteiger partial charge in [-0.2, -0.15) is 0 Å². The first-order chi connectivity index (χ1) is 8.46. The fourth-order valence-electron chi connectivity index (χ4n) is 1.93. The van der Waals surface area contributed by atoms with Crippen molar-refractivity contribution < 1.29 is 9.53 Å². The lowest BCUT2D eigenvalue weighted by Gasteiger charge is -2.22. The monoisotopic (exact) mass is 312 g/mol. The van der Waals surface area contributed by atoms with Gasteiger partial charge in [-0.25, -0.2) is 0 Å². The van der Waals surface area contributed by atoms with E-state index in [2.05, 4.69) is 15.9 Å². The summed E-state index contributed by atoms with van der Waals surface area (Å²) in [5, 5.41) is 0. The molecule has 0 unspecified atom stereocenters. The molecule has 2 N–H and O–H groups in total. The Morgan fingerprint density at radius 2 is 2.22 bits per heavy atom. The van der Waals surface area contributed by atoms with Crippen molar-refractivity contribution in [2.75, 3.05) is 14.2 Å². The van der Waals surface area contributed by atoms with Crippen LogP contribution in [0.15, 0.2) is 22.7 Å². The van der Waals surface area contributed by atoms with Crippen molar-refractivity contribution in [1.82, 2.24) is 4.90 Å². The van der Waals surface area contributed by atoms with Crippen LogP contribution in [0.5, 0.6) is 5.75 Å². The van der Waals surface area contributed by atoms with E-state index in [0.717, 1.165) is 28.6 Å². The molecule has 4 nitrogen and oxygen atoms in total. The molecule has 0 spiro atoms. The zero-order valence-corrected chi connectivity index (χ0v) is 12.2. The molecule has 0 saturated heterocycles. The van der Waals surface area contributed by atoms with Crippen LogP contribution in [0.1, 0.15) is 18.4 Å². The third-order valence-corrected chi connectivity index (χ3v) is 3.70. The Balaban J connectivity index is 2.13. The van der Waals surface area contributed by atoms with Crippen LogP contribution in [0.25, 0.3) is 0 Å².